The number of hydrogen-bond acceptors (Lipinski definition) is 2. The number of likely N-dealkylation sites (tertiary alicyclic amines) is 1. The van der Waals surface area contributed by atoms with Crippen molar-refractivity contribution < 1.29 is 18.0 Å². The maximum absolute atomic E-state index is 12.8. The molecule has 1 saturated heterocycles. The molecule has 2 nitrogen and oxygen atoms in total. The Morgan fingerprint density at radius 1 is 1.29 bits per heavy atom. The van der Waals surface area contributed by atoms with Gasteiger partial charge in [-0.05, 0) is 33.2 Å². The summed E-state index contributed by atoms with van der Waals surface area (Å²) >= 11 is 0. The lowest BCUT2D eigenvalue weighted by molar-refractivity contribution is -0.187. The van der Waals surface area contributed by atoms with Crippen molar-refractivity contribution in [1.82, 2.24) is 4.90 Å². The van der Waals surface area contributed by atoms with Crippen LogP contribution in [0.3, 0.4) is 0 Å². The van der Waals surface area contributed by atoms with E-state index in [4.69, 9.17) is 0 Å². The molecule has 0 saturated carbocycles. The average molecular weight is 299 g/mol. The molecule has 2 atom stereocenters. The molecule has 1 aliphatic heterocycles. The van der Waals surface area contributed by atoms with Gasteiger partial charge in [-0.2, -0.15) is 13.2 Å². The molecule has 1 aromatic carbocycles. The zero-order chi connectivity index (χ0) is 15.6. The Hall–Kier alpha value is -1.36. The van der Waals surface area contributed by atoms with Gasteiger partial charge in [-0.1, -0.05) is 29.8 Å². The first-order chi connectivity index (χ1) is 9.79. The van der Waals surface area contributed by atoms with Crippen LogP contribution in [0.4, 0.5) is 13.2 Å². The Morgan fingerprint density at radius 2 is 1.90 bits per heavy atom. The number of carbonyl (C=O) groups is 1. The predicted octanol–water partition coefficient (Wildman–Crippen LogP) is 3.84. The van der Waals surface area contributed by atoms with E-state index in [1.807, 2.05) is 19.1 Å². The molecule has 116 valence electrons. The Bertz CT molecular complexity index is 495. The molecule has 21 heavy (non-hydrogen) atoms. The fourth-order valence-corrected chi connectivity index (χ4v) is 2.75. The standard InChI is InChI=1S/C16H20F3NO/c1-11-5-7-13(8-6-11)15(21)12(2)20-9-3-4-14(10-20)16(17,18)19/h5-8,12,14H,3-4,9-10H2,1-2H3. The third-order valence-corrected chi connectivity index (χ3v) is 4.18. The van der Waals surface area contributed by atoms with Gasteiger partial charge in [-0.25, -0.2) is 0 Å². The maximum atomic E-state index is 12.8. The van der Waals surface area contributed by atoms with Gasteiger partial charge in [0.1, 0.15) is 0 Å². The lowest BCUT2D eigenvalue weighted by atomic mass is 9.94. The molecule has 0 bridgehead atoms. The lowest BCUT2D eigenvalue weighted by Gasteiger charge is -2.36. The second kappa shape index (κ2) is 6.18. The number of carbonyl (C=O) groups excluding carboxylic acids is 1. The summed E-state index contributed by atoms with van der Waals surface area (Å²) in [6, 6.07) is 6.64. The van der Waals surface area contributed by atoms with Gasteiger partial charge >= 0.3 is 6.18 Å². The molecule has 0 radical (unpaired) electrons. The minimum atomic E-state index is -4.18. The molecule has 1 aromatic rings. The van der Waals surface area contributed by atoms with Crippen molar-refractivity contribution in [3.63, 3.8) is 0 Å². The molecule has 5 heteroatoms. The molecule has 0 aliphatic carbocycles. The van der Waals surface area contributed by atoms with Gasteiger partial charge < -0.3 is 0 Å². The van der Waals surface area contributed by atoms with E-state index in [1.165, 1.54) is 0 Å². The van der Waals surface area contributed by atoms with Gasteiger partial charge in [0, 0.05) is 12.1 Å². The van der Waals surface area contributed by atoms with Crippen LogP contribution in [-0.2, 0) is 0 Å². The molecule has 0 aromatic heterocycles. The van der Waals surface area contributed by atoms with Crippen LogP contribution >= 0.6 is 0 Å². The van der Waals surface area contributed by atoms with Gasteiger partial charge in [0.2, 0.25) is 0 Å². The number of aryl methyl sites for hydroxylation is 1. The zero-order valence-corrected chi connectivity index (χ0v) is 12.3. The monoisotopic (exact) mass is 299 g/mol. The minimum absolute atomic E-state index is 0.0811. The van der Waals surface area contributed by atoms with Gasteiger partial charge in [0.15, 0.2) is 5.78 Å². The van der Waals surface area contributed by atoms with Gasteiger partial charge in [0.25, 0.3) is 0 Å². The number of piperidine rings is 1. The highest BCUT2D eigenvalue weighted by Crippen LogP contribution is 2.33. The van der Waals surface area contributed by atoms with Crippen molar-refractivity contribution in [2.45, 2.75) is 38.9 Å². The topological polar surface area (TPSA) is 20.3 Å². The number of halogens is 3. The van der Waals surface area contributed by atoms with Crippen molar-refractivity contribution in [3.8, 4) is 0 Å². The third kappa shape index (κ3) is 3.84. The quantitative estimate of drug-likeness (QED) is 0.790. The first kappa shape index (κ1) is 16.0. The number of ketones is 1. The minimum Gasteiger partial charge on any atom is -0.293 e. The molecule has 2 unspecified atom stereocenters. The van der Waals surface area contributed by atoms with Crippen molar-refractivity contribution >= 4 is 5.78 Å². The van der Waals surface area contributed by atoms with Crippen molar-refractivity contribution in [2.24, 2.45) is 5.92 Å². The summed E-state index contributed by atoms with van der Waals surface area (Å²) in [5, 5.41) is 0. The second-order valence-electron chi connectivity index (χ2n) is 5.78. The number of alkyl halides is 3. The second-order valence-corrected chi connectivity index (χ2v) is 5.78. The summed E-state index contributed by atoms with van der Waals surface area (Å²) in [7, 11) is 0. The number of nitrogens with zero attached hydrogens (tertiary/aromatic N) is 1. The highest BCUT2D eigenvalue weighted by molar-refractivity contribution is 5.99. The van der Waals surface area contributed by atoms with Crippen molar-refractivity contribution in [2.75, 3.05) is 13.1 Å². The molecular formula is C16H20F3NO. The molecule has 1 aliphatic rings. The fourth-order valence-electron chi connectivity index (χ4n) is 2.75. The van der Waals surface area contributed by atoms with E-state index in [0.717, 1.165) is 5.56 Å². The van der Waals surface area contributed by atoms with E-state index in [9.17, 15) is 18.0 Å². The van der Waals surface area contributed by atoms with E-state index in [0.29, 0.717) is 18.5 Å². The highest BCUT2D eigenvalue weighted by atomic mass is 19.4. The summed E-state index contributed by atoms with van der Waals surface area (Å²) in [4.78, 5) is 14.0. The first-order valence-corrected chi connectivity index (χ1v) is 7.20. The van der Waals surface area contributed by atoms with E-state index in [-0.39, 0.29) is 18.7 Å². The van der Waals surface area contributed by atoms with Crippen LogP contribution in [-0.4, -0.2) is 36.0 Å². The van der Waals surface area contributed by atoms with Crippen LogP contribution < -0.4 is 0 Å². The van der Waals surface area contributed by atoms with Crippen LogP contribution in [0, 0.1) is 12.8 Å². The van der Waals surface area contributed by atoms with Crippen molar-refractivity contribution in [1.29, 1.82) is 0 Å². The first-order valence-electron chi connectivity index (χ1n) is 7.20. The van der Waals surface area contributed by atoms with Crippen LogP contribution in [0.2, 0.25) is 0 Å². The number of hydrogen-bond donors (Lipinski definition) is 0. The molecule has 1 fully saturated rings. The van der Waals surface area contributed by atoms with Crippen LogP contribution in [0.5, 0.6) is 0 Å². The fraction of sp³-hybridized carbons (Fsp3) is 0.562. The van der Waals surface area contributed by atoms with Crippen LogP contribution in [0.15, 0.2) is 24.3 Å². The van der Waals surface area contributed by atoms with E-state index < -0.39 is 18.1 Å². The van der Waals surface area contributed by atoms with Crippen LogP contribution in [0.1, 0.15) is 35.7 Å². The Morgan fingerprint density at radius 3 is 2.48 bits per heavy atom. The molecule has 0 spiro atoms. The summed E-state index contributed by atoms with van der Waals surface area (Å²) < 4.78 is 38.5. The normalized spacial score (nSPS) is 22.0. The van der Waals surface area contributed by atoms with Gasteiger partial charge in [-0.15, -0.1) is 0 Å². The number of benzene rings is 1. The average Bonchev–Trinajstić information content (AvgIpc) is 2.46. The predicted molar refractivity (Wildman–Crippen MR) is 75.3 cm³/mol. The SMILES string of the molecule is Cc1ccc(C(=O)C(C)N2CCCC(C(F)(F)F)C2)cc1. The van der Waals surface area contributed by atoms with Crippen LogP contribution in [0.25, 0.3) is 0 Å². The largest absolute Gasteiger partial charge is 0.393 e. The van der Waals surface area contributed by atoms with E-state index in [1.54, 1.807) is 24.0 Å². The smallest absolute Gasteiger partial charge is 0.293 e. The van der Waals surface area contributed by atoms with Crippen molar-refractivity contribution in [3.05, 3.63) is 35.4 Å². The van der Waals surface area contributed by atoms with Gasteiger partial charge in [-0.3, -0.25) is 9.69 Å². The number of rotatable bonds is 3. The highest BCUT2D eigenvalue weighted by Gasteiger charge is 2.43. The maximum Gasteiger partial charge on any atom is 0.393 e. The summed E-state index contributed by atoms with van der Waals surface area (Å²) in [5.74, 6) is -1.43. The zero-order valence-electron chi connectivity index (χ0n) is 12.3. The Labute approximate surface area is 122 Å². The third-order valence-electron chi connectivity index (χ3n) is 4.18. The summed E-state index contributed by atoms with van der Waals surface area (Å²) in [5.41, 5.74) is 1.61. The molecule has 0 N–H and O–H groups in total. The Kier molecular flexibility index (Phi) is 4.71. The number of Topliss-reactive ketones (excluding diaryl/α,β-unsaturated/α-hetero) is 1. The molecule has 1 heterocycles. The summed E-state index contributed by atoms with van der Waals surface area (Å²) in [6.07, 6.45) is -3.54. The molecule has 2 rings (SSSR count). The van der Waals surface area contributed by atoms with E-state index >= 15 is 0 Å². The van der Waals surface area contributed by atoms with E-state index in [2.05, 4.69) is 0 Å². The lowest BCUT2D eigenvalue weighted by Crippen LogP contribution is -2.48. The van der Waals surface area contributed by atoms with Gasteiger partial charge in [0.05, 0.1) is 12.0 Å². The molecular weight excluding hydrogens is 279 g/mol. The molecule has 0 amide bonds. The summed E-state index contributed by atoms with van der Waals surface area (Å²) in [6.45, 7) is 4.09. The Balaban J connectivity index is 2.06.